The van der Waals surface area contributed by atoms with Crippen LogP contribution in [-0.4, -0.2) is 38.3 Å². The van der Waals surface area contributed by atoms with Crippen LogP contribution in [0.5, 0.6) is 0 Å². The lowest BCUT2D eigenvalue weighted by molar-refractivity contribution is -0.482. The SMILES string of the molecule is CC(C)C1=NCCCS1.O=C(O)C(Br)[N+](=O)[O-]. The fourth-order valence-corrected chi connectivity index (χ4v) is 1.91. The predicted octanol–water partition coefficient (Wildman–Crippen LogP) is 2.25. The van der Waals surface area contributed by atoms with Crippen molar-refractivity contribution in [3.63, 3.8) is 0 Å². The van der Waals surface area contributed by atoms with Gasteiger partial charge in [-0.3, -0.25) is 15.1 Å². The van der Waals surface area contributed by atoms with Crippen LogP contribution in [0.2, 0.25) is 0 Å². The number of carboxylic acid groups (broad SMARTS) is 1. The third-order valence-corrected chi connectivity index (χ3v) is 3.82. The quantitative estimate of drug-likeness (QED) is 0.371. The summed E-state index contributed by atoms with van der Waals surface area (Å²) in [6, 6.07) is 0. The summed E-state index contributed by atoms with van der Waals surface area (Å²) in [6.45, 7) is 5.47. The van der Waals surface area contributed by atoms with Crippen LogP contribution in [0.25, 0.3) is 0 Å². The monoisotopic (exact) mass is 326 g/mol. The van der Waals surface area contributed by atoms with Gasteiger partial charge in [-0.05, 0) is 6.42 Å². The number of aliphatic imine (C=N–C) groups is 1. The number of carbonyl (C=O) groups is 1. The Labute approximate surface area is 112 Å². The molecule has 1 unspecified atom stereocenters. The number of aliphatic carboxylic acids is 1. The highest BCUT2D eigenvalue weighted by atomic mass is 79.9. The van der Waals surface area contributed by atoms with E-state index in [0.29, 0.717) is 5.92 Å². The molecule has 0 bridgehead atoms. The summed E-state index contributed by atoms with van der Waals surface area (Å²) in [7, 11) is 0. The Morgan fingerprint density at radius 2 is 2.24 bits per heavy atom. The van der Waals surface area contributed by atoms with E-state index in [1.807, 2.05) is 11.8 Å². The van der Waals surface area contributed by atoms with Gasteiger partial charge in [0.1, 0.15) is 0 Å². The number of halogens is 1. The second kappa shape index (κ2) is 8.46. The maximum absolute atomic E-state index is 9.65. The summed E-state index contributed by atoms with van der Waals surface area (Å²) in [5.74, 6) is 0.432. The first kappa shape index (κ1) is 16.4. The summed E-state index contributed by atoms with van der Waals surface area (Å²) in [4.78, 5) is 21.0. The minimum atomic E-state index is -1.68. The number of hydrogen-bond donors (Lipinski definition) is 1. The number of rotatable bonds is 3. The van der Waals surface area contributed by atoms with Crippen LogP contribution in [0, 0.1) is 16.0 Å². The van der Waals surface area contributed by atoms with Gasteiger partial charge in [0.05, 0.1) is 5.04 Å². The highest BCUT2D eigenvalue weighted by Crippen LogP contribution is 2.17. The third-order valence-electron chi connectivity index (χ3n) is 1.70. The molecule has 8 heteroatoms. The molecule has 0 aromatic rings. The van der Waals surface area contributed by atoms with Gasteiger partial charge in [0, 0.05) is 39.1 Å². The van der Waals surface area contributed by atoms with E-state index in [-0.39, 0.29) is 0 Å². The van der Waals surface area contributed by atoms with Crippen molar-refractivity contribution in [2.45, 2.75) is 25.2 Å². The lowest BCUT2D eigenvalue weighted by Crippen LogP contribution is -2.21. The van der Waals surface area contributed by atoms with Gasteiger partial charge in [0.25, 0.3) is 0 Å². The largest absolute Gasteiger partial charge is 0.475 e. The van der Waals surface area contributed by atoms with Crippen LogP contribution in [-0.2, 0) is 4.79 Å². The molecule has 0 saturated carbocycles. The number of hydrogen-bond acceptors (Lipinski definition) is 5. The number of nitro groups is 1. The molecule has 0 aliphatic carbocycles. The van der Waals surface area contributed by atoms with Crippen LogP contribution < -0.4 is 0 Å². The van der Waals surface area contributed by atoms with Crippen molar-refractivity contribution in [3.05, 3.63) is 10.1 Å². The van der Waals surface area contributed by atoms with E-state index in [0.717, 1.165) is 6.54 Å². The Balaban J connectivity index is 0.000000304. The highest BCUT2D eigenvalue weighted by molar-refractivity contribution is 9.09. The number of carboxylic acids is 1. The van der Waals surface area contributed by atoms with Crippen LogP contribution in [0.15, 0.2) is 4.99 Å². The summed E-state index contributed by atoms with van der Waals surface area (Å²) >= 11 is 4.23. The first-order chi connectivity index (χ1) is 7.86. The van der Waals surface area contributed by atoms with Gasteiger partial charge in [0.15, 0.2) is 0 Å². The molecule has 0 spiro atoms. The Morgan fingerprint density at radius 1 is 1.65 bits per heavy atom. The lowest BCUT2D eigenvalue weighted by Gasteiger charge is -2.13. The zero-order valence-corrected chi connectivity index (χ0v) is 12.0. The molecule has 98 valence electrons. The molecular weight excluding hydrogens is 312 g/mol. The summed E-state index contributed by atoms with van der Waals surface area (Å²) in [6.07, 6.45) is 1.26. The molecule has 1 rings (SSSR count). The molecule has 1 N–H and O–H groups in total. The van der Waals surface area contributed by atoms with Crippen LogP contribution in [0.4, 0.5) is 0 Å². The molecule has 1 heterocycles. The second-order valence-corrected chi connectivity index (χ2v) is 5.52. The third kappa shape index (κ3) is 7.32. The average molecular weight is 327 g/mol. The molecule has 0 saturated heterocycles. The van der Waals surface area contributed by atoms with Crippen molar-refractivity contribution >= 4 is 38.7 Å². The van der Waals surface area contributed by atoms with Gasteiger partial charge in [-0.1, -0.05) is 13.8 Å². The van der Waals surface area contributed by atoms with Gasteiger partial charge < -0.3 is 5.11 Å². The minimum Gasteiger partial charge on any atom is -0.475 e. The normalized spacial score (nSPS) is 16.6. The Hall–Kier alpha value is -0.630. The Bertz CT molecular complexity index is 295. The molecule has 0 aromatic heterocycles. The van der Waals surface area contributed by atoms with Gasteiger partial charge in [-0.2, -0.15) is 0 Å². The summed E-state index contributed by atoms with van der Waals surface area (Å²) in [5.41, 5.74) is 0. The standard InChI is InChI=1S/C7H13NS.C2H2BrNO4/c1-6(2)7-8-4-3-5-9-7;3-1(2(5)6)4(7)8/h6H,3-5H2,1-2H3;1H,(H,5,6). The fraction of sp³-hybridized carbons (Fsp3) is 0.778. The van der Waals surface area contributed by atoms with E-state index in [2.05, 4.69) is 34.8 Å². The van der Waals surface area contributed by atoms with E-state index < -0.39 is 15.8 Å². The Morgan fingerprint density at radius 3 is 2.41 bits per heavy atom. The van der Waals surface area contributed by atoms with Crippen molar-refractivity contribution in [2.75, 3.05) is 12.3 Å². The maximum Gasteiger partial charge on any atom is 0.390 e. The van der Waals surface area contributed by atoms with E-state index in [1.54, 1.807) is 0 Å². The second-order valence-electron chi connectivity index (χ2n) is 3.54. The number of nitrogens with zero attached hydrogens (tertiary/aromatic N) is 2. The summed E-state index contributed by atoms with van der Waals surface area (Å²) in [5, 5.41) is 18.7. The fourth-order valence-electron chi connectivity index (χ4n) is 0.916. The molecule has 1 atom stereocenters. The summed E-state index contributed by atoms with van der Waals surface area (Å²) < 4.78 is 0. The molecule has 0 amide bonds. The maximum atomic E-state index is 9.65. The zero-order valence-electron chi connectivity index (χ0n) is 9.63. The van der Waals surface area contributed by atoms with E-state index in [9.17, 15) is 14.9 Å². The molecule has 6 nitrogen and oxygen atoms in total. The average Bonchev–Trinajstić information content (AvgIpc) is 2.29. The van der Waals surface area contributed by atoms with Crippen LogP contribution in [0.1, 0.15) is 20.3 Å². The van der Waals surface area contributed by atoms with Crippen LogP contribution in [0.3, 0.4) is 0 Å². The molecule has 1 aliphatic heterocycles. The predicted molar refractivity (Wildman–Crippen MR) is 71.6 cm³/mol. The molecule has 0 fully saturated rings. The van der Waals surface area contributed by atoms with Gasteiger partial charge >= 0.3 is 10.9 Å². The number of thioether (sulfide) groups is 1. The smallest absolute Gasteiger partial charge is 0.390 e. The van der Waals surface area contributed by atoms with Crippen LogP contribution >= 0.6 is 27.7 Å². The van der Waals surface area contributed by atoms with Crippen molar-refractivity contribution < 1.29 is 14.8 Å². The molecule has 0 radical (unpaired) electrons. The number of alkyl halides is 1. The van der Waals surface area contributed by atoms with E-state index >= 15 is 0 Å². The molecule has 1 aliphatic rings. The highest BCUT2D eigenvalue weighted by Gasteiger charge is 2.23. The van der Waals surface area contributed by atoms with Gasteiger partial charge in [-0.15, -0.1) is 11.8 Å². The van der Waals surface area contributed by atoms with Crippen molar-refractivity contribution in [3.8, 4) is 0 Å². The lowest BCUT2D eigenvalue weighted by atomic mass is 10.2. The minimum absolute atomic E-state index is 0.648. The first-order valence-corrected chi connectivity index (χ1v) is 6.94. The van der Waals surface area contributed by atoms with E-state index in [1.165, 1.54) is 17.2 Å². The first-order valence-electron chi connectivity index (χ1n) is 5.03. The topological polar surface area (TPSA) is 92.8 Å². The van der Waals surface area contributed by atoms with E-state index in [4.69, 9.17) is 5.11 Å². The van der Waals surface area contributed by atoms with Crippen molar-refractivity contribution in [2.24, 2.45) is 10.9 Å². The molecular formula is C9H15BrN2O4S. The molecule has 17 heavy (non-hydrogen) atoms. The van der Waals surface area contributed by atoms with Gasteiger partial charge in [0.2, 0.25) is 0 Å². The molecule has 0 aromatic carbocycles. The Kier molecular flexibility index (Phi) is 8.15. The van der Waals surface area contributed by atoms with Crippen molar-refractivity contribution in [1.29, 1.82) is 0 Å². The zero-order chi connectivity index (χ0) is 13.4. The van der Waals surface area contributed by atoms with Gasteiger partial charge in [-0.25, -0.2) is 4.79 Å². The van der Waals surface area contributed by atoms with Crippen molar-refractivity contribution in [1.82, 2.24) is 0 Å².